The van der Waals surface area contributed by atoms with E-state index >= 15 is 0 Å². The van der Waals surface area contributed by atoms with E-state index in [2.05, 4.69) is 42.5 Å². The molecule has 5 aliphatic heterocycles. The molecule has 8 nitrogen and oxygen atoms in total. The summed E-state index contributed by atoms with van der Waals surface area (Å²) in [6.07, 6.45) is 25.6. The van der Waals surface area contributed by atoms with Gasteiger partial charge in [-0.1, -0.05) is 51.4 Å². The molecule has 5 heterocycles. The summed E-state index contributed by atoms with van der Waals surface area (Å²) in [5.41, 5.74) is 0. The van der Waals surface area contributed by atoms with Crippen LogP contribution < -0.4 is 161 Å². The van der Waals surface area contributed by atoms with Gasteiger partial charge in [0.15, 0.2) is 0 Å². The summed E-state index contributed by atoms with van der Waals surface area (Å²) in [5, 5.41) is 33.8. The molecule has 8 N–H and O–H groups in total. The first kappa shape index (κ1) is 41.9. The average molecular weight is 708 g/mol. The van der Waals surface area contributed by atoms with Crippen LogP contribution in [-0.4, -0.2) is 49.3 Å². The average Bonchev–Trinajstić information content (AvgIpc) is 3.73. The van der Waals surface area contributed by atoms with Crippen LogP contribution in [-0.2, 0) is 16.5 Å². The fourth-order valence-electron chi connectivity index (χ4n) is 12.0. The minimum atomic E-state index is 0. The Hall–Kier alpha value is 4.17. The van der Waals surface area contributed by atoms with E-state index in [-0.39, 0.29) is 140 Å². The Labute approximate surface area is 377 Å². The van der Waals surface area contributed by atoms with Gasteiger partial charge in [0.05, 0.1) is 49.3 Å². The molecule has 0 aromatic carbocycles. The predicted molar refractivity (Wildman–Crippen MR) is 162 cm³/mol. The summed E-state index contributed by atoms with van der Waals surface area (Å²) in [6.45, 7) is 0. The van der Waals surface area contributed by atoms with Crippen molar-refractivity contribution in [3.05, 3.63) is 0 Å². The Morgan fingerprint density at radius 2 is 0.356 bits per heavy atom. The van der Waals surface area contributed by atoms with Crippen molar-refractivity contribution in [1.82, 2.24) is 42.5 Å². The number of fused-ring (bicyclic) bond motifs is 20. The molecule has 0 amide bonds. The fraction of sp³-hybridized carbons (Fsp3) is 1.00. The maximum Gasteiger partial charge on any atom is 1.00 e. The second-order valence-electron chi connectivity index (χ2n) is 15.6. The van der Waals surface area contributed by atoms with Gasteiger partial charge in [0.1, 0.15) is 0 Å². The van der Waals surface area contributed by atoms with Crippen molar-refractivity contribution in [2.75, 3.05) is 0 Å². The summed E-state index contributed by atoms with van der Waals surface area (Å²) >= 11 is 0. The molecule has 0 aromatic rings. The molecule has 9 rings (SSSR count). The molecule has 13 heteroatoms. The molecule has 8 unspecified atom stereocenters. The molecule has 4 saturated carbocycles. The predicted octanol–water partition coefficient (Wildman–Crippen LogP) is -8.93. The largest absolute Gasteiger partial charge is 1.00 e. The normalized spacial score (nSPS) is 51.2. The van der Waals surface area contributed by atoms with Crippen molar-refractivity contribution >= 4 is 0 Å². The van der Waals surface area contributed by atoms with Gasteiger partial charge in [-0.05, 0) is 98.7 Å². The van der Waals surface area contributed by atoms with Crippen molar-refractivity contribution in [1.29, 1.82) is 0 Å². The van der Waals surface area contributed by atoms with Crippen LogP contribution in [0.4, 0.5) is 0 Å². The van der Waals surface area contributed by atoms with E-state index in [0.29, 0.717) is 49.3 Å². The maximum absolute atomic E-state index is 4.26. The van der Waals surface area contributed by atoms with Gasteiger partial charge < -0.3 is 5.71 Å². The molecule has 8 bridgehead atoms. The van der Waals surface area contributed by atoms with Gasteiger partial charge in [-0.2, -0.15) is 0 Å². The van der Waals surface area contributed by atoms with Crippen molar-refractivity contribution in [2.24, 2.45) is 47.3 Å². The number of hydrogen-bond donors (Lipinski definition) is 8. The van der Waals surface area contributed by atoms with E-state index in [0.717, 1.165) is 47.3 Å². The van der Waals surface area contributed by atoms with Crippen LogP contribution in [0.5, 0.6) is 0 Å². The maximum atomic E-state index is 4.26. The van der Waals surface area contributed by atoms with Gasteiger partial charge in [-0.15, -0.1) is 0 Å². The molecule has 0 spiro atoms. The van der Waals surface area contributed by atoms with Crippen LogP contribution in [0.15, 0.2) is 0 Å². The van der Waals surface area contributed by atoms with E-state index < -0.39 is 0 Å². The molecule has 45 heavy (non-hydrogen) atoms. The van der Waals surface area contributed by atoms with E-state index in [4.69, 9.17) is 0 Å². The first-order valence-corrected chi connectivity index (χ1v) is 17.9. The first-order chi connectivity index (χ1) is 19.8. The minimum Gasteiger partial charge on any atom is -1.00 e. The van der Waals surface area contributed by atoms with Crippen LogP contribution in [0.3, 0.4) is 0 Å². The molecule has 4 aliphatic carbocycles. The molecule has 0 radical (unpaired) electrons. The van der Waals surface area contributed by atoms with Gasteiger partial charge in [-0.3, -0.25) is 42.5 Å². The standard InChI is InChI=1S/C32H56N8.4Na.Ni.4H/c1-2-10-18-17(9-1)25-33-26(18)38-28-21-13-5-6-14-22(21)30(35-28)40-32-24-16-8-7-15-23(24)31(36-32)39-29-20-12-4-3-11-19(20)27(34-29)37-25;;;;;;;;;/h17-40H,1-16H2;;;;;;;;;/q;4*+1;;4*-1. The third-order valence-electron chi connectivity index (χ3n) is 13.8. The van der Waals surface area contributed by atoms with Crippen molar-refractivity contribution < 1.29 is 140 Å². The Bertz CT molecular complexity index is 756. The molecule has 9 fully saturated rings. The van der Waals surface area contributed by atoms with Gasteiger partial charge in [0, 0.05) is 16.5 Å². The number of hydrogen-bond acceptors (Lipinski definition) is 8. The second kappa shape index (κ2) is 18.5. The second-order valence-corrected chi connectivity index (χ2v) is 15.6. The van der Waals surface area contributed by atoms with Crippen LogP contribution in [0.1, 0.15) is 108 Å². The zero-order valence-corrected chi connectivity index (χ0v) is 37.9. The van der Waals surface area contributed by atoms with Crippen molar-refractivity contribution in [3.8, 4) is 0 Å². The van der Waals surface area contributed by atoms with Crippen LogP contribution in [0, 0.1) is 47.3 Å². The monoisotopic (exact) mass is 706 g/mol. The molecule has 8 atom stereocenters. The Morgan fingerprint density at radius 3 is 0.467 bits per heavy atom. The quantitative estimate of drug-likeness (QED) is 0.118. The Kier molecular flexibility index (Phi) is 17.2. The Morgan fingerprint density at radius 1 is 0.244 bits per heavy atom. The first-order valence-electron chi connectivity index (χ1n) is 17.9. The summed E-state index contributed by atoms with van der Waals surface area (Å²) < 4.78 is 0. The topological polar surface area (TPSA) is 96.2 Å². The SMILES string of the molecule is C1CCC2C3NC(NC4NC(NC5NC(NC6NC(N3)C3CCCCC63)C3CCCCC53)C3CCCCC43)C2C1.[H-].[H-].[H-].[H-].[Na+].[Na+].[Na+].[Na+].[Ni]. The molecular formula is C32H60N8Na4Ni. The van der Waals surface area contributed by atoms with Crippen LogP contribution in [0.25, 0.3) is 0 Å². The molecule has 9 aliphatic rings. The van der Waals surface area contributed by atoms with Crippen molar-refractivity contribution in [3.63, 3.8) is 0 Å². The zero-order valence-electron chi connectivity index (χ0n) is 32.9. The van der Waals surface area contributed by atoms with E-state index in [9.17, 15) is 0 Å². The smallest absolute Gasteiger partial charge is 1.00 e. The fourth-order valence-corrected chi connectivity index (χ4v) is 12.0. The molecular weight excluding hydrogens is 647 g/mol. The van der Waals surface area contributed by atoms with Crippen LogP contribution >= 0.6 is 0 Å². The summed E-state index contributed by atoms with van der Waals surface area (Å²) in [5.74, 6) is 5.97. The zero-order chi connectivity index (χ0) is 26.2. The third-order valence-corrected chi connectivity index (χ3v) is 13.8. The third kappa shape index (κ3) is 8.16. The van der Waals surface area contributed by atoms with Gasteiger partial charge in [0.2, 0.25) is 0 Å². The van der Waals surface area contributed by atoms with Gasteiger partial charge in [0.25, 0.3) is 0 Å². The summed E-state index contributed by atoms with van der Waals surface area (Å²) in [6, 6.07) is 0. The Balaban J connectivity index is 0.00000256. The van der Waals surface area contributed by atoms with E-state index in [1.54, 1.807) is 0 Å². The van der Waals surface area contributed by atoms with Crippen molar-refractivity contribution in [2.45, 2.75) is 152 Å². The number of nitrogens with one attached hydrogen (secondary N) is 8. The number of rotatable bonds is 0. The van der Waals surface area contributed by atoms with E-state index in [1.165, 1.54) is 103 Å². The van der Waals surface area contributed by atoms with Gasteiger partial charge >= 0.3 is 118 Å². The summed E-state index contributed by atoms with van der Waals surface area (Å²) in [7, 11) is 0. The minimum absolute atomic E-state index is 0. The molecule has 242 valence electrons. The van der Waals surface area contributed by atoms with E-state index in [1.807, 2.05) is 0 Å². The van der Waals surface area contributed by atoms with Crippen LogP contribution in [0.2, 0.25) is 0 Å². The summed E-state index contributed by atoms with van der Waals surface area (Å²) in [4.78, 5) is 0. The van der Waals surface area contributed by atoms with Gasteiger partial charge in [-0.25, -0.2) is 0 Å². The molecule has 5 saturated heterocycles. The molecule has 0 aromatic heterocycles.